The first-order chi connectivity index (χ1) is 4.81. The lowest BCUT2D eigenvalue weighted by molar-refractivity contribution is 0.210. The fourth-order valence-corrected chi connectivity index (χ4v) is 2.04. The van der Waals surface area contributed by atoms with Gasteiger partial charge in [-0.3, -0.25) is 0 Å². The van der Waals surface area contributed by atoms with Gasteiger partial charge >= 0.3 is 0 Å². The highest BCUT2D eigenvalue weighted by atomic mass is 35.5. The van der Waals surface area contributed by atoms with Gasteiger partial charge in [-0.15, -0.1) is 11.6 Å². The van der Waals surface area contributed by atoms with Crippen LogP contribution in [0.15, 0.2) is 0 Å². The first kappa shape index (κ1) is 9.34. The molecule has 0 aliphatic carbocycles. The molecule has 0 N–H and O–H groups in total. The Balaban J connectivity index is 2.45. The minimum Gasteiger partial charge on any atom is -0.373 e. The SMILES string of the molecule is CC(C)(Cl)CC(C)(C)C1CO1. The Morgan fingerprint density at radius 3 is 2.09 bits per heavy atom. The summed E-state index contributed by atoms with van der Waals surface area (Å²) in [7, 11) is 0. The molecule has 1 rings (SSSR count). The third-order valence-corrected chi connectivity index (χ3v) is 2.21. The summed E-state index contributed by atoms with van der Waals surface area (Å²) in [6.07, 6.45) is 1.45. The van der Waals surface area contributed by atoms with Crippen LogP contribution in [0.25, 0.3) is 0 Å². The molecule has 0 aromatic carbocycles. The van der Waals surface area contributed by atoms with Gasteiger partial charge in [0.25, 0.3) is 0 Å². The van der Waals surface area contributed by atoms with Crippen molar-refractivity contribution in [3.63, 3.8) is 0 Å². The number of hydrogen-bond acceptors (Lipinski definition) is 1. The highest BCUT2D eigenvalue weighted by molar-refractivity contribution is 6.23. The molecule has 1 aliphatic rings. The van der Waals surface area contributed by atoms with E-state index in [1.54, 1.807) is 0 Å². The van der Waals surface area contributed by atoms with E-state index in [1.165, 1.54) is 0 Å². The molecule has 0 bridgehead atoms. The summed E-state index contributed by atoms with van der Waals surface area (Å²) >= 11 is 6.13. The summed E-state index contributed by atoms with van der Waals surface area (Å²) in [6, 6.07) is 0. The Labute approximate surface area is 74.1 Å². The first-order valence-electron chi connectivity index (χ1n) is 4.12. The van der Waals surface area contributed by atoms with Crippen LogP contribution in [-0.2, 0) is 4.74 Å². The second kappa shape index (κ2) is 2.63. The van der Waals surface area contributed by atoms with E-state index in [0.717, 1.165) is 13.0 Å². The molecule has 1 fully saturated rings. The van der Waals surface area contributed by atoms with Crippen LogP contribution < -0.4 is 0 Å². The zero-order valence-corrected chi connectivity index (χ0v) is 8.53. The number of hydrogen-bond donors (Lipinski definition) is 0. The van der Waals surface area contributed by atoms with Crippen molar-refractivity contribution in [1.82, 2.24) is 0 Å². The Hall–Kier alpha value is 0.250. The Morgan fingerprint density at radius 2 is 1.82 bits per heavy atom. The summed E-state index contributed by atoms with van der Waals surface area (Å²) in [6.45, 7) is 9.46. The zero-order chi connectivity index (χ0) is 8.70. The lowest BCUT2D eigenvalue weighted by Gasteiger charge is -2.29. The van der Waals surface area contributed by atoms with Crippen LogP contribution in [0.4, 0.5) is 0 Å². The van der Waals surface area contributed by atoms with E-state index in [4.69, 9.17) is 16.3 Å². The van der Waals surface area contributed by atoms with Crippen molar-refractivity contribution in [3.8, 4) is 0 Å². The van der Waals surface area contributed by atoms with Gasteiger partial charge in [0.2, 0.25) is 0 Å². The third-order valence-electron chi connectivity index (χ3n) is 2.08. The number of ether oxygens (including phenoxy) is 1. The van der Waals surface area contributed by atoms with E-state index in [-0.39, 0.29) is 10.3 Å². The Bertz CT molecular complexity index is 142. The number of epoxide rings is 1. The summed E-state index contributed by atoms with van der Waals surface area (Å²) in [5, 5.41) is 0. The maximum Gasteiger partial charge on any atom is 0.0861 e. The molecule has 0 radical (unpaired) electrons. The topological polar surface area (TPSA) is 12.5 Å². The van der Waals surface area contributed by atoms with Crippen molar-refractivity contribution in [2.24, 2.45) is 5.41 Å². The van der Waals surface area contributed by atoms with Crippen LogP contribution >= 0.6 is 11.6 Å². The molecule has 1 atom stereocenters. The summed E-state index contributed by atoms with van der Waals surface area (Å²) in [5.74, 6) is 0. The molecule has 0 aromatic rings. The fraction of sp³-hybridized carbons (Fsp3) is 1.00. The molecule has 0 aromatic heterocycles. The largest absolute Gasteiger partial charge is 0.373 e. The molecule has 1 heterocycles. The monoisotopic (exact) mass is 176 g/mol. The molecular weight excluding hydrogens is 160 g/mol. The van der Waals surface area contributed by atoms with E-state index in [1.807, 2.05) is 0 Å². The van der Waals surface area contributed by atoms with E-state index < -0.39 is 0 Å². The minimum atomic E-state index is -0.102. The van der Waals surface area contributed by atoms with Gasteiger partial charge in [0.05, 0.1) is 12.7 Å². The Morgan fingerprint density at radius 1 is 1.36 bits per heavy atom. The van der Waals surface area contributed by atoms with E-state index >= 15 is 0 Å². The van der Waals surface area contributed by atoms with Gasteiger partial charge in [0, 0.05) is 4.87 Å². The average molecular weight is 177 g/mol. The number of rotatable bonds is 3. The van der Waals surface area contributed by atoms with Crippen LogP contribution in [0, 0.1) is 5.41 Å². The lowest BCUT2D eigenvalue weighted by Crippen LogP contribution is -2.28. The molecule has 1 aliphatic heterocycles. The van der Waals surface area contributed by atoms with Crippen molar-refractivity contribution in [2.45, 2.75) is 45.1 Å². The molecule has 1 saturated heterocycles. The molecule has 66 valence electrons. The second-order valence-electron chi connectivity index (χ2n) is 4.71. The average Bonchev–Trinajstić information content (AvgIpc) is 2.30. The summed E-state index contributed by atoms with van der Waals surface area (Å²) in [5.41, 5.74) is 0.241. The predicted molar refractivity (Wildman–Crippen MR) is 48.1 cm³/mol. The van der Waals surface area contributed by atoms with Crippen molar-refractivity contribution >= 4 is 11.6 Å². The zero-order valence-electron chi connectivity index (χ0n) is 7.78. The summed E-state index contributed by atoms with van der Waals surface area (Å²) < 4.78 is 5.26. The molecule has 0 amide bonds. The molecule has 11 heavy (non-hydrogen) atoms. The van der Waals surface area contributed by atoms with E-state index in [0.29, 0.717) is 6.10 Å². The molecule has 1 unspecified atom stereocenters. The van der Waals surface area contributed by atoms with Gasteiger partial charge < -0.3 is 4.74 Å². The van der Waals surface area contributed by atoms with E-state index in [9.17, 15) is 0 Å². The fourth-order valence-electron chi connectivity index (χ4n) is 1.70. The van der Waals surface area contributed by atoms with Gasteiger partial charge in [-0.05, 0) is 25.7 Å². The predicted octanol–water partition coefficient (Wildman–Crippen LogP) is 2.82. The van der Waals surface area contributed by atoms with Crippen LogP contribution in [-0.4, -0.2) is 17.6 Å². The summed E-state index contributed by atoms with van der Waals surface area (Å²) in [4.78, 5) is -0.102. The highest BCUT2D eigenvalue weighted by Gasteiger charge is 2.42. The number of halogens is 1. The standard InChI is InChI=1S/C9H17ClO/c1-8(2,7-5-11-7)6-9(3,4)10/h7H,5-6H2,1-4H3. The molecule has 0 saturated carbocycles. The van der Waals surface area contributed by atoms with Gasteiger partial charge in [0.15, 0.2) is 0 Å². The molecule has 1 nitrogen and oxygen atoms in total. The van der Waals surface area contributed by atoms with Crippen molar-refractivity contribution in [1.29, 1.82) is 0 Å². The van der Waals surface area contributed by atoms with Crippen molar-refractivity contribution in [2.75, 3.05) is 6.61 Å². The normalized spacial score (nSPS) is 25.4. The quantitative estimate of drug-likeness (QED) is 0.476. The molecule has 0 spiro atoms. The van der Waals surface area contributed by atoms with Crippen molar-refractivity contribution in [3.05, 3.63) is 0 Å². The first-order valence-corrected chi connectivity index (χ1v) is 4.50. The van der Waals surface area contributed by atoms with Gasteiger partial charge in [-0.2, -0.15) is 0 Å². The molecule has 2 heteroatoms. The highest BCUT2D eigenvalue weighted by Crippen LogP contribution is 2.40. The smallest absolute Gasteiger partial charge is 0.0861 e. The van der Waals surface area contributed by atoms with Crippen molar-refractivity contribution < 1.29 is 4.74 Å². The molecular formula is C9H17ClO. The van der Waals surface area contributed by atoms with Crippen LogP contribution in [0.3, 0.4) is 0 Å². The maximum atomic E-state index is 6.13. The second-order valence-corrected chi connectivity index (χ2v) is 5.73. The van der Waals surface area contributed by atoms with Crippen LogP contribution in [0.5, 0.6) is 0 Å². The van der Waals surface area contributed by atoms with Gasteiger partial charge in [0.1, 0.15) is 0 Å². The van der Waals surface area contributed by atoms with Crippen LogP contribution in [0.2, 0.25) is 0 Å². The maximum absolute atomic E-state index is 6.13. The lowest BCUT2D eigenvalue weighted by atomic mass is 9.81. The van der Waals surface area contributed by atoms with Gasteiger partial charge in [-0.25, -0.2) is 0 Å². The van der Waals surface area contributed by atoms with E-state index in [2.05, 4.69) is 27.7 Å². The Kier molecular flexibility index (Phi) is 2.24. The minimum absolute atomic E-state index is 0.102. The third kappa shape index (κ3) is 3.00. The van der Waals surface area contributed by atoms with Crippen LogP contribution in [0.1, 0.15) is 34.1 Å². The number of alkyl halides is 1. The van der Waals surface area contributed by atoms with Gasteiger partial charge in [-0.1, -0.05) is 13.8 Å².